The number of hydrogen-bond donors (Lipinski definition) is 1. The van der Waals surface area contributed by atoms with Gasteiger partial charge in [0, 0.05) is 22.6 Å². The summed E-state index contributed by atoms with van der Waals surface area (Å²) in [5.41, 5.74) is 1.99. The molecule has 0 bridgehead atoms. The number of rotatable bonds is 11. The number of anilines is 1. The van der Waals surface area contributed by atoms with Crippen LogP contribution in [0.3, 0.4) is 0 Å². The molecule has 7 nitrogen and oxygen atoms in total. The first-order valence-electron chi connectivity index (χ1n) is 14.3. The first kappa shape index (κ1) is 31.9. The lowest BCUT2D eigenvalue weighted by atomic mass is 9.95. The molecule has 0 unspecified atom stereocenters. The fraction of sp³-hybridized carbons (Fsp3) is 0.375. The van der Waals surface area contributed by atoms with Crippen molar-refractivity contribution in [2.75, 3.05) is 10.8 Å². The number of halogens is 2. The van der Waals surface area contributed by atoms with Gasteiger partial charge < -0.3 is 10.2 Å². The Kier molecular flexibility index (Phi) is 10.9. The summed E-state index contributed by atoms with van der Waals surface area (Å²) >= 11 is 12.5. The predicted octanol–water partition coefficient (Wildman–Crippen LogP) is 6.75. The molecule has 224 valence electrons. The summed E-state index contributed by atoms with van der Waals surface area (Å²) in [5, 5.41) is 3.62. The van der Waals surface area contributed by atoms with E-state index in [1.165, 1.54) is 35.2 Å². The van der Waals surface area contributed by atoms with Gasteiger partial charge in [-0.1, -0.05) is 91.9 Å². The van der Waals surface area contributed by atoms with Crippen LogP contribution in [0.2, 0.25) is 10.0 Å². The van der Waals surface area contributed by atoms with Crippen LogP contribution in [0.15, 0.2) is 77.7 Å². The minimum absolute atomic E-state index is 0.0152. The highest BCUT2D eigenvalue weighted by Gasteiger charge is 2.34. The highest BCUT2D eigenvalue weighted by Crippen LogP contribution is 2.30. The van der Waals surface area contributed by atoms with Crippen molar-refractivity contribution in [3.8, 4) is 0 Å². The molecule has 1 aliphatic carbocycles. The number of carbonyl (C=O) groups is 2. The van der Waals surface area contributed by atoms with Gasteiger partial charge in [0.25, 0.3) is 10.0 Å². The molecule has 0 aromatic heterocycles. The van der Waals surface area contributed by atoms with E-state index in [-0.39, 0.29) is 39.1 Å². The second kappa shape index (κ2) is 14.4. The smallest absolute Gasteiger partial charge is 0.264 e. The Balaban J connectivity index is 1.73. The monoisotopic (exact) mass is 629 g/mol. The van der Waals surface area contributed by atoms with E-state index in [9.17, 15) is 18.0 Å². The first-order valence-corrected chi connectivity index (χ1v) is 16.5. The lowest BCUT2D eigenvalue weighted by Crippen LogP contribution is -2.54. The summed E-state index contributed by atoms with van der Waals surface area (Å²) in [6, 6.07) is 19.2. The zero-order valence-electron chi connectivity index (χ0n) is 23.9. The van der Waals surface area contributed by atoms with Gasteiger partial charge in [-0.15, -0.1) is 0 Å². The van der Waals surface area contributed by atoms with E-state index in [0.717, 1.165) is 47.5 Å². The number of carbonyl (C=O) groups excluding carboxylic acids is 2. The highest BCUT2D eigenvalue weighted by molar-refractivity contribution is 7.92. The van der Waals surface area contributed by atoms with Gasteiger partial charge in [0.05, 0.1) is 10.6 Å². The zero-order chi connectivity index (χ0) is 30.3. The Hall–Kier alpha value is -3.07. The Morgan fingerprint density at radius 3 is 2.17 bits per heavy atom. The Morgan fingerprint density at radius 2 is 1.55 bits per heavy atom. The molecule has 1 atom stereocenters. The van der Waals surface area contributed by atoms with Crippen molar-refractivity contribution in [3.05, 3.63) is 94.0 Å². The van der Waals surface area contributed by atoms with Crippen molar-refractivity contribution < 1.29 is 18.0 Å². The number of amides is 2. The van der Waals surface area contributed by atoms with Gasteiger partial charge in [-0.05, 0) is 67.6 Å². The largest absolute Gasteiger partial charge is 0.352 e. The maximum atomic E-state index is 14.3. The van der Waals surface area contributed by atoms with Crippen molar-refractivity contribution in [3.63, 3.8) is 0 Å². The van der Waals surface area contributed by atoms with Gasteiger partial charge >= 0.3 is 0 Å². The molecule has 0 radical (unpaired) electrons. The molecule has 0 heterocycles. The van der Waals surface area contributed by atoms with Crippen LogP contribution < -0.4 is 9.62 Å². The maximum Gasteiger partial charge on any atom is 0.264 e. The van der Waals surface area contributed by atoms with Gasteiger partial charge in [-0.2, -0.15) is 0 Å². The van der Waals surface area contributed by atoms with Crippen molar-refractivity contribution in [2.24, 2.45) is 0 Å². The molecular weight excluding hydrogens is 593 g/mol. The molecule has 3 aromatic rings. The summed E-state index contributed by atoms with van der Waals surface area (Å²) in [6.07, 6.45) is 5.45. The predicted molar refractivity (Wildman–Crippen MR) is 168 cm³/mol. The average molecular weight is 631 g/mol. The van der Waals surface area contributed by atoms with Gasteiger partial charge in [-0.25, -0.2) is 8.42 Å². The summed E-state index contributed by atoms with van der Waals surface area (Å²) in [7, 11) is -4.20. The lowest BCUT2D eigenvalue weighted by Gasteiger charge is -2.34. The molecule has 1 saturated carbocycles. The number of hydrogen-bond acceptors (Lipinski definition) is 4. The Morgan fingerprint density at radius 1 is 0.929 bits per heavy atom. The van der Waals surface area contributed by atoms with Crippen LogP contribution in [0.25, 0.3) is 0 Å². The third-order valence-corrected chi connectivity index (χ3v) is 9.91. The summed E-state index contributed by atoms with van der Waals surface area (Å²) in [4.78, 5) is 29.4. The number of aryl methyl sites for hydroxylation is 1. The molecule has 0 spiro atoms. The van der Waals surface area contributed by atoms with Gasteiger partial charge in [0.2, 0.25) is 11.8 Å². The molecule has 1 aliphatic rings. The molecule has 0 aliphatic heterocycles. The Bertz CT molecular complexity index is 1470. The van der Waals surface area contributed by atoms with Crippen molar-refractivity contribution in [1.82, 2.24) is 10.2 Å². The van der Waals surface area contributed by atoms with Crippen LogP contribution >= 0.6 is 23.2 Å². The number of sulfonamides is 1. The molecule has 42 heavy (non-hydrogen) atoms. The van der Waals surface area contributed by atoms with E-state index in [1.807, 2.05) is 38.1 Å². The highest BCUT2D eigenvalue weighted by atomic mass is 35.5. The van der Waals surface area contributed by atoms with E-state index in [0.29, 0.717) is 6.42 Å². The van der Waals surface area contributed by atoms with Gasteiger partial charge in [0.1, 0.15) is 12.6 Å². The Labute approximate surface area is 258 Å². The zero-order valence-corrected chi connectivity index (χ0v) is 26.3. The second-order valence-corrected chi connectivity index (χ2v) is 13.4. The molecule has 4 rings (SSSR count). The summed E-state index contributed by atoms with van der Waals surface area (Å²) in [6.45, 7) is 3.41. The van der Waals surface area contributed by atoms with Crippen molar-refractivity contribution in [1.29, 1.82) is 0 Å². The third kappa shape index (κ3) is 7.85. The van der Waals surface area contributed by atoms with Crippen LogP contribution in [0.4, 0.5) is 5.69 Å². The molecule has 1 fully saturated rings. The summed E-state index contributed by atoms with van der Waals surface area (Å²) < 4.78 is 28.9. The minimum atomic E-state index is -4.20. The van der Waals surface area contributed by atoms with Crippen LogP contribution in [0, 0.1) is 6.92 Å². The van der Waals surface area contributed by atoms with Crippen LogP contribution in [0.1, 0.15) is 56.6 Å². The van der Waals surface area contributed by atoms with Gasteiger partial charge in [0.15, 0.2) is 0 Å². The van der Waals surface area contributed by atoms with E-state index < -0.39 is 28.5 Å². The fourth-order valence-corrected chi connectivity index (χ4v) is 7.30. The topological polar surface area (TPSA) is 86.8 Å². The van der Waals surface area contributed by atoms with Crippen LogP contribution in [0.5, 0.6) is 0 Å². The van der Waals surface area contributed by atoms with Crippen LogP contribution in [-0.4, -0.2) is 43.8 Å². The molecule has 1 N–H and O–H groups in total. The van der Waals surface area contributed by atoms with Crippen LogP contribution in [-0.2, 0) is 26.2 Å². The van der Waals surface area contributed by atoms with E-state index in [1.54, 1.807) is 18.2 Å². The molecule has 10 heteroatoms. The van der Waals surface area contributed by atoms with E-state index in [2.05, 4.69) is 5.32 Å². The normalized spacial score (nSPS) is 14.7. The standard InChI is InChI=1S/C32H37Cl2N3O4S/c1-3-30(32(39)35-27-14-6-4-7-15-27)36(21-24-13-11-10-12-23(24)2)31(38)22-37(28-19-25(33)18-26(34)20-28)42(40,41)29-16-8-5-9-17-29/h5,8-13,16-20,27,30H,3-4,6-7,14-15,21-22H2,1-2H3,(H,35,39)/t30-/m1/s1. The number of nitrogens with zero attached hydrogens (tertiary/aromatic N) is 2. The first-order chi connectivity index (χ1) is 20.1. The van der Waals surface area contributed by atoms with E-state index in [4.69, 9.17) is 23.2 Å². The third-order valence-electron chi connectivity index (χ3n) is 7.68. The molecule has 2 amide bonds. The summed E-state index contributed by atoms with van der Waals surface area (Å²) in [5.74, 6) is -0.742. The fourth-order valence-electron chi connectivity index (χ4n) is 5.37. The second-order valence-electron chi connectivity index (χ2n) is 10.7. The number of nitrogens with one attached hydrogen (secondary N) is 1. The number of benzene rings is 3. The van der Waals surface area contributed by atoms with Crippen molar-refractivity contribution in [2.45, 2.75) is 75.9 Å². The molecule has 3 aromatic carbocycles. The SMILES string of the molecule is CC[C@H](C(=O)NC1CCCCC1)N(Cc1ccccc1C)C(=O)CN(c1cc(Cl)cc(Cl)c1)S(=O)(=O)c1ccccc1. The van der Waals surface area contributed by atoms with E-state index >= 15 is 0 Å². The van der Waals surface area contributed by atoms with Crippen molar-refractivity contribution >= 4 is 50.7 Å². The maximum absolute atomic E-state index is 14.3. The quantitative estimate of drug-likeness (QED) is 0.254. The lowest BCUT2D eigenvalue weighted by molar-refractivity contribution is -0.140. The molecule has 0 saturated heterocycles. The minimum Gasteiger partial charge on any atom is -0.352 e. The van der Waals surface area contributed by atoms with Gasteiger partial charge in [-0.3, -0.25) is 13.9 Å². The average Bonchev–Trinajstić information content (AvgIpc) is 2.97. The molecular formula is C32H37Cl2N3O4S.